The van der Waals surface area contributed by atoms with E-state index in [2.05, 4.69) is 44.4 Å². The van der Waals surface area contributed by atoms with Gasteiger partial charge in [0.05, 0.1) is 6.61 Å². The largest absolute Gasteiger partial charge is 0.494 e. The molecule has 1 aliphatic rings. The fourth-order valence-corrected chi connectivity index (χ4v) is 2.88. The summed E-state index contributed by atoms with van der Waals surface area (Å²) in [5.74, 6) is 0.996. The van der Waals surface area contributed by atoms with Gasteiger partial charge in [0, 0.05) is 6.04 Å². The van der Waals surface area contributed by atoms with Crippen molar-refractivity contribution in [3.05, 3.63) is 29.3 Å². The van der Waals surface area contributed by atoms with Crippen LogP contribution in [0.2, 0.25) is 0 Å². The molecule has 1 aromatic rings. The normalized spacial score (nSPS) is 22.1. The van der Waals surface area contributed by atoms with E-state index in [1.54, 1.807) is 0 Å². The van der Waals surface area contributed by atoms with Crippen LogP contribution in [0.5, 0.6) is 5.75 Å². The Morgan fingerprint density at radius 2 is 2.17 bits per heavy atom. The van der Waals surface area contributed by atoms with Gasteiger partial charge >= 0.3 is 0 Å². The van der Waals surface area contributed by atoms with E-state index in [4.69, 9.17) is 4.74 Å². The second-order valence-corrected chi connectivity index (χ2v) is 6.00. The lowest BCUT2D eigenvalue weighted by Gasteiger charge is -2.26. The predicted octanol–water partition coefficient (Wildman–Crippen LogP) is 3.71. The van der Waals surface area contributed by atoms with Crippen molar-refractivity contribution in [2.75, 3.05) is 13.7 Å². The van der Waals surface area contributed by atoms with Crippen molar-refractivity contribution in [3.8, 4) is 5.75 Å². The molecule has 0 aliphatic heterocycles. The molecule has 1 aliphatic carbocycles. The minimum Gasteiger partial charge on any atom is -0.494 e. The van der Waals surface area contributed by atoms with Gasteiger partial charge < -0.3 is 10.1 Å². The van der Waals surface area contributed by atoms with E-state index >= 15 is 0 Å². The van der Waals surface area contributed by atoms with Gasteiger partial charge in [0.2, 0.25) is 0 Å². The van der Waals surface area contributed by atoms with Crippen molar-refractivity contribution >= 4 is 0 Å². The Balaban J connectivity index is 2.35. The molecule has 0 spiro atoms. The molecule has 18 heavy (non-hydrogen) atoms. The van der Waals surface area contributed by atoms with Crippen LogP contribution >= 0.6 is 0 Å². The fraction of sp³-hybridized carbons (Fsp3) is 0.625. The minimum atomic E-state index is 0.401. The lowest BCUT2D eigenvalue weighted by Crippen LogP contribution is -2.22. The molecule has 2 heteroatoms. The van der Waals surface area contributed by atoms with Gasteiger partial charge in [-0.25, -0.2) is 0 Å². The first-order valence-corrected chi connectivity index (χ1v) is 6.98. The number of hydrogen-bond donors (Lipinski definition) is 1. The van der Waals surface area contributed by atoms with E-state index in [9.17, 15) is 0 Å². The molecule has 0 aromatic heterocycles. The van der Waals surface area contributed by atoms with Gasteiger partial charge in [0.15, 0.2) is 0 Å². The Hall–Kier alpha value is -1.02. The van der Waals surface area contributed by atoms with Crippen molar-refractivity contribution in [2.45, 2.75) is 46.1 Å². The Kier molecular flexibility index (Phi) is 3.96. The van der Waals surface area contributed by atoms with E-state index in [0.717, 1.165) is 12.4 Å². The monoisotopic (exact) mass is 247 g/mol. The fourth-order valence-electron chi connectivity index (χ4n) is 2.88. The maximum absolute atomic E-state index is 5.63. The Bertz CT molecular complexity index is 412. The maximum atomic E-state index is 5.63. The first-order chi connectivity index (χ1) is 8.55. The molecule has 1 N–H and O–H groups in total. The highest BCUT2D eigenvalue weighted by molar-refractivity contribution is 5.39. The van der Waals surface area contributed by atoms with Crippen LogP contribution in [0.3, 0.4) is 0 Å². The summed E-state index contributed by atoms with van der Waals surface area (Å²) in [6, 6.07) is 7.01. The highest BCUT2D eigenvalue weighted by Gasteiger charge is 2.28. The predicted molar refractivity (Wildman–Crippen MR) is 76.1 cm³/mol. The van der Waals surface area contributed by atoms with Gasteiger partial charge in [-0.15, -0.1) is 0 Å². The molecule has 100 valence electrons. The molecule has 1 atom stereocenters. The summed E-state index contributed by atoms with van der Waals surface area (Å²) < 4.78 is 5.63. The highest BCUT2D eigenvalue weighted by Crippen LogP contribution is 2.40. The van der Waals surface area contributed by atoms with Crippen molar-refractivity contribution in [3.63, 3.8) is 0 Å². The van der Waals surface area contributed by atoms with Crippen LogP contribution in [0, 0.1) is 5.41 Å². The summed E-state index contributed by atoms with van der Waals surface area (Å²) in [6.45, 7) is 7.50. The molecule has 0 radical (unpaired) electrons. The molecule has 0 fully saturated rings. The standard InChI is InChI=1S/C16H25NO/c1-5-18-13-7-6-12-8-9-16(2,3)11-15(17-4)14(12)10-13/h6-7,10,15,17H,5,8-9,11H2,1-4H3. The van der Waals surface area contributed by atoms with Gasteiger partial charge in [-0.2, -0.15) is 0 Å². The molecular formula is C16H25NO. The third-order valence-corrected chi connectivity index (χ3v) is 3.98. The molecule has 0 saturated heterocycles. The molecule has 1 aromatic carbocycles. The summed E-state index contributed by atoms with van der Waals surface area (Å²) in [5.41, 5.74) is 3.30. The maximum Gasteiger partial charge on any atom is 0.119 e. The van der Waals surface area contributed by atoms with E-state index in [1.165, 1.54) is 30.4 Å². The number of aryl methyl sites for hydroxylation is 1. The van der Waals surface area contributed by atoms with Crippen LogP contribution in [0.15, 0.2) is 18.2 Å². The third kappa shape index (κ3) is 2.86. The molecule has 2 rings (SSSR count). The quantitative estimate of drug-likeness (QED) is 0.822. The smallest absolute Gasteiger partial charge is 0.119 e. The first-order valence-electron chi connectivity index (χ1n) is 6.98. The third-order valence-electron chi connectivity index (χ3n) is 3.98. The number of nitrogens with one attached hydrogen (secondary N) is 1. The van der Waals surface area contributed by atoms with Crippen LogP contribution in [0.1, 0.15) is 50.8 Å². The summed E-state index contributed by atoms with van der Waals surface area (Å²) in [6.07, 6.45) is 3.62. The van der Waals surface area contributed by atoms with E-state index in [1.807, 2.05) is 6.92 Å². The van der Waals surface area contributed by atoms with Gasteiger partial charge in [-0.05, 0) is 61.9 Å². The summed E-state index contributed by atoms with van der Waals surface area (Å²) in [4.78, 5) is 0. The first kappa shape index (κ1) is 13.4. The molecule has 0 heterocycles. The number of ether oxygens (including phenoxy) is 1. The van der Waals surface area contributed by atoms with Gasteiger partial charge in [-0.3, -0.25) is 0 Å². The van der Waals surface area contributed by atoms with E-state index in [-0.39, 0.29) is 0 Å². The number of rotatable bonds is 3. The van der Waals surface area contributed by atoms with Crippen LogP contribution in [-0.4, -0.2) is 13.7 Å². The molecule has 1 unspecified atom stereocenters. The van der Waals surface area contributed by atoms with Gasteiger partial charge in [0.1, 0.15) is 5.75 Å². The van der Waals surface area contributed by atoms with Crippen molar-refractivity contribution < 1.29 is 4.74 Å². The van der Waals surface area contributed by atoms with Gasteiger partial charge in [0.25, 0.3) is 0 Å². The highest BCUT2D eigenvalue weighted by atomic mass is 16.5. The Morgan fingerprint density at radius 3 is 2.83 bits per heavy atom. The summed E-state index contributed by atoms with van der Waals surface area (Å²) in [5, 5.41) is 3.47. The van der Waals surface area contributed by atoms with Crippen molar-refractivity contribution in [1.82, 2.24) is 5.32 Å². The topological polar surface area (TPSA) is 21.3 Å². The van der Waals surface area contributed by atoms with Crippen molar-refractivity contribution in [1.29, 1.82) is 0 Å². The van der Waals surface area contributed by atoms with Gasteiger partial charge in [-0.1, -0.05) is 19.9 Å². The van der Waals surface area contributed by atoms with E-state index in [0.29, 0.717) is 11.5 Å². The van der Waals surface area contributed by atoms with Crippen LogP contribution in [0.25, 0.3) is 0 Å². The zero-order valence-corrected chi connectivity index (χ0v) is 12.0. The average molecular weight is 247 g/mol. The Labute approximate surface area is 111 Å². The van der Waals surface area contributed by atoms with Crippen molar-refractivity contribution in [2.24, 2.45) is 5.41 Å². The van der Waals surface area contributed by atoms with Crippen LogP contribution in [0.4, 0.5) is 0 Å². The number of fused-ring (bicyclic) bond motifs is 1. The second kappa shape index (κ2) is 5.31. The summed E-state index contributed by atoms with van der Waals surface area (Å²) in [7, 11) is 2.06. The second-order valence-electron chi connectivity index (χ2n) is 6.00. The summed E-state index contributed by atoms with van der Waals surface area (Å²) >= 11 is 0. The average Bonchev–Trinajstić information content (AvgIpc) is 2.47. The van der Waals surface area contributed by atoms with Crippen LogP contribution < -0.4 is 10.1 Å². The lowest BCUT2D eigenvalue weighted by atomic mass is 9.83. The molecule has 0 amide bonds. The van der Waals surface area contributed by atoms with E-state index < -0.39 is 0 Å². The zero-order chi connectivity index (χ0) is 13.2. The Morgan fingerprint density at radius 1 is 1.39 bits per heavy atom. The number of hydrogen-bond acceptors (Lipinski definition) is 2. The molecule has 0 saturated carbocycles. The minimum absolute atomic E-state index is 0.401. The molecule has 2 nitrogen and oxygen atoms in total. The SMILES string of the molecule is CCOc1ccc2c(c1)C(NC)CC(C)(C)CC2. The lowest BCUT2D eigenvalue weighted by molar-refractivity contribution is 0.279. The van der Waals surface area contributed by atoms with Crippen LogP contribution in [-0.2, 0) is 6.42 Å². The zero-order valence-electron chi connectivity index (χ0n) is 12.0. The molecular weight excluding hydrogens is 222 g/mol. The number of benzene rings is 1. The molecule has 0 bridgehead atoms.